The Kier molecular flexibility index (Phi) is 7.30. The molecule has 0 saturated heterocycles. The number of aryl methyl sites for hydroxylation is 2. The zero-order valence-electron chi connectivity index (χ0n) is 19.3. The van der Waals surface area contributed by atoms with Crippen molar-refractivity contribution >= 4 is 11.0 Å². The third-order valence-corrected chi connectivity index (χ3v) is 5.48. The van der Waals surface area contributed by atoms with Crippen molar-refractivity contribution in [3.8, 4) is 17.2 Å². The van der Waals surface area contributed by atoms with Crippen molar-refractivity contribution in [2.75, 3.05) is 13.7 Å². The highest BCUT2D eigenvalue weighted by molar-refractivity contribution is 5.75. The number of rotatable bonds is 11. The summed E-state index contributed by atoms with van der Waals surface area (Å²) in [5, 5.41) is 0. The minimum absolute atomic E-state index is 0.414. The zero-order chi connectivity index (χ0) is 23.0. The standard InChI is InChI=1S/C28H30N2O3/c1-4-9-22-14-15-26(27(19-22)31-3)32-17-8-16-30-25-13-6-5-12-24(25)29-28(30)20-33-23-11-7-10-21(2)18-23/h4-7,10-15,18-19H,1,8-9,16-17,20H2,2-3H3. The highest BCUT2D eigenvalue weighted by Crippen LogP contribution is 2.28. The number of ether oxygens (including phenoxy) is 3. The quantitative estimate of drug-likeness (QED) is 0.207. The summed E-state index contributed by atoms with van der Waals surface area (Å²) in [7, 11) is 1.66. The summed E-state index contributed by atoms with van der Waals surface area (Å²) in [6, 6.07) is 22.3. The van der Waals surface area contributed by atoms with E-state index in [0.29, 0.717) is 13.2 Å². The average molecular weight is 443 g/mol. The predicted molar refractivity (Wildman–Crippen MR) is 132 cm³/mol. The number of hydrogen-bond donors (Lipinski definition) is 0. The Balaban J connectivity index is 1.43. The van der Waals surface area contributed by atoms with Crippen LogP contribution in [0.3, 0.4) is 0 Å². The Morgan fingerprint density at radius 1 is 0.970 bits per heavy atom. The maximum atomic E-state index is 6.04. The lowest BCUT2D eigenvalue weighted by Gasteiger charge is -2.13. The molecule has 5 nitrogen and oxygen atoms in total. The zero-order valence-corrected chi connectivity index (χ0v) is 19.3. The van der Waals surface area contributed by atoms with E-state index < -0.39 is 0 Å². The van der Waals surface area contributed by atoms with E-state index in [2.05, 4.69) is 30.2 Å². The molecule has 0 amide bonds. The molecule has 1 heterocycles. The van der Waals surface area contributed by atoms with E-state index in [0.717, 1.165) is 59.1 Å². The van der Waals surface area contributed by atoms with Crippen molar-refractivity contribution in [3.63, 3.8) is 0 Å². The molecule has 0 N–H and O–H groups in total. The molecule has 5 heteroatoms. The van der Waals surface area contributed by atoms with Crippen LogP contribution in [0.25, 0.3) is 11.0 Å². The van der Waals surface area contributed by atoms with Gasteiger partial charge in [0.2, 0.25) is 0 Å². The highest BCUT2D eigenvalue weighted by Gasteiger charge is 2.12. The lowest BCUT2D eigenvalue weighted by atomic mass is 10.1. The van der Waals surface area contributed by atoms with Crippen molar-refractivity contribution in [2.24, 2.45) is 0 Å². The van der Waals surface area contributed by atoms with E-state index in [1.54, 1.807) is 7.11 Å². The number of benzene rings is 3. The smallest absolute Gasteiger partial charge is 0.161 e. The molecule has 0 bridgehead atoms. The molecule has 0 atom stereocenters. The van der Waals surface area contributed by atoms with Gasteiger partial charge in [0.15, 0.2) is 11.5 Å². The van der Waals surface area contributed by atoms with Gasteiger partial charge in [0, 0.05) is 6.54 Å². The van der Waals surface area contributed by atoms with E-state index in [1.165, 1.54) is 5.56 Å². The Morgan fingerprint density at radius 2 is 1.85 bits per heavy atom. The largest absolute Gasteiger partial charge is 0.493 e. The topological polar surface area (TPSA) is 45.5 Å². The third kappa shape index (κ3) is 5.55. The van der Waals surface area contributed by atoms with Crippen molar-refractivity contribution < 1.29 is 14.2 Å². The number of aromatic nitrogens is 2. The molecular weight excluding hydrogens is 412 g/mol. The molecule has 1 aromatic heterocycles. The molecule has 33 heavy (non-hydrogen) atoms. The van der Waals surface area contributed by atoms with E-state index in [9.17, 15) is 0 Å². The van der Waals surface area contributed by atoms with Gasteiger partial charge < -0.3 is 18.8 Å². The van der Waals surface area contributed by atoms with Gasteiger partial charge in [0.05, 0.1) is 24.8 Å². The third-order valence-electron chi connectivity index (χ3n) is 5.48. The first kappa shape index (κ1) is 22.5. The normalized spacial score (nSPS) is 10.8. The average Bonchev–Trinajstić information content (AvgIpc) is 3.19. The summed E-state index contributed by atoms with van der Waals surface area (Å²) in [5.41, 5.74) is 4.40. The number of nitrogens with zero attached hydrogens (tertiary/aromatic N) is 2. The predicted octanol–water partition coefficient (Wildman–Crippen LogP) is 6.13. The van der Waals surface area contributed by atoms with Gasteiger partial charge >= 0.3 is 0 Å². The monoisotopic (exact) mass is 442 g/mol. The molecule has 0 aliphatic rings. The van der Waals surface area contributed by atoms with Crippen LogP contribution in [-0.4, -0.2) is 23.3 Å². The van der Waals surface area contributed by atoms with E-state index in [-0.39, 0.29) is 0 Å². The van der Waals surface area contributed by atoms with Gasteiger partial charge in [-0.1, -0.05) is 36.4 Å². The number of allylic oxidation sites excluding steroid dienone is 1. The SMILES string of the molecule is C=CCc1ccc(OCCCn2c(COc3cccc(C)c3)nc3ccccc32)c(OC)c1. The molecule has 0 fully saturated rings. The van der Waals surface area contributed by atoms with Gasteiger partial charge in [-0.3, -0.25) is 0 Å². The number of para-hydroxylation sites is 2. The Labute approximate surface area is 195 Å². The van der Waals surface area contributed by atoms with Crippen molar-refractivity contribution in [1.29, 1.82) is 0 Å². The first-order valence-corrected chi connectivity index (χ1v) is 11.2. The molecule has 0 radical (unpaired) electrons. The van der Waals surface area contributed by atoms with Crippen molar-refractivity contribution in [1.82, 2.24) is 9.55 Å². The van der Waals surface area contributed by atoms with Gasteiger partial charge in [-0.2, -0.15) is 0 Å². The molecule has 0 aliphatic heterocycles. The van der Waals surface area contributed by atoms with Gasteiger partial charge in [0.1, 0.15) is 18.2 Å². The number of fused-ring (bicyclic) bond motifs is 1. The van der Waals surface area contributed by atoms with Gasteiger partial charge in [-0.15, -0.1) is 6.58 Å². The molecule has 170 valence electrons. The van der Waals surface area contributed by atoms with Crippen LogP contribution >= 0.6 is 0 Å². The van der Waals surface area contributed by atoms with E-state index in [4.69, 9.17) is 19.2 Å². The summed E-state index contributed by atoms with van der Waals surface area (Å²) < 4.78 is 19.8. The highest BCUT2D eigenvalue weighted by atomic mass is 16.5. The fourth-order valence-corrected chi connectivity index (χ4v) is 3.87. The number of hydrogen-bond acceptors (Lipinski definition) is 4. The minimum atomic E-state index is 0.414. The van der Waals surface area contributed by atoms with Crippen LogP contribution in [0.2, 0.25) is 0 Å². The molecule has 4 aromatic rings. The second-order valence-corrected chi connectivity index (χ2v) is 7.95. The van der Waals surface area contributed by atoms with Gasteiger partial charge in [-0.25, -0.2) is 4.98 Å². The summed E-state index contributed by atoms with van der Waals surface area (Å²) in [5.74, 6) is 3.26. The lowest BCUT2D eigenvalue weighted by Crippen LogP contribution is -2.10. The Bertz CT molecular complexity index is 1230. The second-order valence-electron chi connectivity index (χ2n) is 7.95. The van der Waals surface area contributed by atoms with Crippen molar-refractivity contribution in [3.05, 3.63) is 96.3 Å². The molecule has 0 saturated carbocycles. The summed E-state index contributed by atoms with van der Waals surface area (Å²) in [6.45, 7) is 7.62. The van der Waals surface area contributed by atoms with Crippen LogP contribution in [0.4, 0.5) is 0 Å². The van der Waals surface area contributed by atoms with Crippen LogP contribution in [0, 0.1) is 6.92 Å². The first-order chi connectivity index (χ1) is 16.2. The van der Waals surface area contributed by atoms with Crippen LogP contribution in [0.5, 0.6) is 17.2 Å². The minimum Gasteiger partial charge on any atom is -0.493 e. The second kappa shape index (κ2) is 10.7. The van der Waals surface area contributed by atoms with E-state index in [1.807, 2.05) is 60.7 Å². The number of imidazole rings is 1. The maximum absolute atomic E-state index is 6.04. The van der Waals surface area contributed by atoms with Gasteiger partial charge in [0.25, 0.3) is 0 Å². The Hall–Kier alpha value is -3.73. The molecule has 4 rings (SSSR count). The first-order valence-electron chi connectivity index (χ1n) is 11.2. The van der Waals surface area contributed by atoms with Crippen LogP contribution < -0.4 is 14.2 Å². The molecule has 3 aromatic carbocycles. The molecule has 0 unspecified atom stereocenters. The summed E-state index contributed by atoms with van der Waals surface area (Å²) >= 11 is 0. The lowest BCUT2D eigenvalue weighted by molar-refractivity contribution is 0.273. The Morgan fingerprint density at radius 3 is 2.67 bits per heavy atom. The summed E-state index contributed by atoms with van der Waals surface area (Å²) in [6.07, 6.45) is 3.51. The van der Waals surface area contributed by atoms with E-state index >= 15 is 0 Å². The molecule has 0 spiro atoms. The fraction of sp³-hybridized carbons (Fsp3) is 0.250. The van der Waals surface area contributed by atoms with Crippen LogP contribution in [0.15, 0.2) is 79.4 Å². The van der Waals surface area contributed by atoms with Crippen molar-refractivity contribution in [2.45, 2.75) is 32.9 Å². The number of methoxy groups -OCH3 is 1. The molecule has 0 aliphatic carbocycles. The van der Waals surface area contributed by atoms with Gasteiger partial charge in [-0.05, 0) is 67.3 Å². The maximum Gasteiger partial charge on any atom is 0.161 e. The van der Waals surface area contributed by atoms with Crippen LogP contribution in [0.1, 0.15) is 23.4 Å². The fourth-order valence-electron chi connectivity index (χ4n) is 3.87. The molecular formula is C28H30N2O3. The van der Waals surface area contributed by atoms with Crippen LogP contribution in [-0.2, 0) is 19.6 Å². The summed E-state index contributed by atoms with van der Waals surface area (Å²) in [4.78, 5) is 4.81.